The van der Waals surface area contributed by atoms with E-state index in [2.05, 4.69) is 41.8 Å². The Morgan fingerprint density at radius 2 is 1.62 bits per heavy atom. The lowest BCUT2D eigenvalue weighted by Gasteiger charge is -2.37. The molecule has 0 radical (unpaired) electrons. The maximum atomic E-state index is 13.2. The largest absolute Gasteiger partial charge is 0.368 e. The molecule has 7 heteroatoms. The summed E-state index contributed by atoms with van der Waals surface area (Å²) in [4.78, 5) is 10.0. The number of aromatic nitrogens is 1. The quantitative estimate of drug-likeness (QED) is 0.542. The van der Waals surface area contributed by atoms with Crippen molar-refractivity contribution in [3.05, 3.63) is 59.7 Å². The highest BCUT2D eigenvalue weighted by atomic mass is 32.2. The second kappa shape index (κ2) is 9.19. The summed E-state index contributed by atoms with van der Waals surface area (Å²) >= 11 is 0. The van der Waals surface area contributed by atoms with Crippen molar-refractivity contribution in [2.75, 3.05) is 42.5 Å². The fourth-order valence-electron chi connectivity index (χ4n) is 5.23. The molecule has 2 aromatic carbocycles. The highest BCUT2D eigenvalue weighted by molar-refractivity contribution is 7.89. The number of rotatable bonds is 4. The molecule has 0 aliphatic carbocycles. The molecule has 0 bridgehead atoms. The van der Waals surface area contributed by atoms with E-state index in [0.717, 1.165) is 62.2 Å². The number of pyridine rings is 1. The Morgan fingerprint density at radius 1 is 0.853 bits per heavy atom. The lowest BCUT2D eigenvalue weighted by Crippen LogP contribution is -2.47. The highest BCUT2D eigenvalue weighted by Gasteiger charge is 2.31. The molecule has 34 heavy (non-hydrogen) atoms. The zero-order valence-corrected chi connectivity index (χ0v) is 21.2. The van der Waals surface area contributed by atoms with Gasteiger partial charge in [0, 0.05) is 49.8 Å². The first-order chi connectivity index (χ1) is 16.3. The number of anilines is 2. The first-order valence-corrected chi connectivity index (χ1v) is 13.8. The number of benzene rings is 2. The van der Waals surface area contributed by atoms with Crippen LogP contribution in [0.25, 0.3) is 10.9 Å². The average Bonchev–Trinajstić information content (AvgIpc) is 2.85. The zero-order chi connectivity index (χ0) is 23.9. The average molecular weight is 479 g/mol. The summed E-state index contributed by atoms with van der Waals surface area (Å²) in [5.74, 6) is 0.952. The molecule has 1 unspecified atom stereocenters. The van der Waals surface area contributed by atoms with Gasteiger partial charge in [-0.15, -0.1) is 0 Å². The van der Waals surface area contributed by atoms with Crippen LogP contribution in [0.1, 0.15) is 37.3 Å². The predicted molar refractivity (Wildman–Crippen MR) is 139 cm³/mol. The summed E-state index contributed by atoms with van der Waals surface area (Å²) in [6.45, 7) is 10.6. The number of nitrogens with zero attached hydrogens (tertiary/aromatic N) is 4. The van der Waals surface area contributed by atoms with Crippen molar-refractivity contribution < 1.29 is 8.42 Å². The van der Waals surface area contributed by atoms with E-state index < -0.39 is 10.0 Å². The minimum absolute atomic E-state index is 0.0530. The molecule has 2 fully saturated rings. The number of hydrogen-bond acceptors (Lipinski definition) is 5. The first kappa shape index (κ1) is 23.1. The minimum Gasteiger partial charge on any atom is -0.368 e. The molecular formula is C27H34N4O2S. The molecule has 2 saturated heterocycles. The predicted octanol–water partition coefficient (Wildman–Crippen LogP) is 4.74. The molecule has 2 aliphatic rings. The van der Waals surface area contributed by atoms with Gasteiger partial charge < -0.3 is 9.80 Å². The van der Waals surface area contributed by atoms with E-state index in [-0.39, 0.29) is 6.04 Å². The van der Waals surface area contributed by atoms with Gasteiger partial charge in [0.15, 0.2) is 0 Å². The van der Waals surface area contributed by atoms with E-state index in [1.54, 1.807) is 16.4 Å². The van der Waals surface area contributed by atoms with Gasteiger partial charge in [-0.1, -0.05) is 18.6 Å². The van der Waals surface area contributed by atoms with Crippen LogP contribution in [-0.2, 0) is 10.0 Å². The maximum Gasteiger partial charge on any atom is 0.243 e. The van der Waals surface area contributed by atoms with Crippen LogP contribution < -0.4 is 9.80 Å². The van der Waals surface area contributed by atoms with Crippen molar-refractivity contribution in [2.45, 2.75) is 51.0 Å². The Hall–Kier alpha value is -2.64. The van der Waals surface area contributed by atoms with Crippen LogP contribution >= 0.6 is 0 Å². The third-order valence-electron chi connectivity index (χ3n) is 7.30. The molecule has 5 rings (SSSR count). The van der Waals surface area contributed by atoms with E-state index >= 15 is 0 Å². The molecule has 2 aliphatic heterocycles. The lowest BCUT2D eigenvalue weighted by molar-refractivity contribution is 0.268. The van der Waals surface area contributed by atoms with Crippen LogP contribution in [0, 0.1) is 13.8 Å². The summed E-state index contributed by atoms with van der Waals surface area (Å²) in [7, 11) is -3.48. The van der Waals surface area contributed by atoms with Crippen molar-refractivity contribution in [3.63, 3.8) is 0 Å². The van der Waals surface area contributed by atoms with Gasteiger partial charge in [-0.25, -0.2) is 13.4 Å². The monoisotopic (exact) mass is 478 g/mol. The van der Waals surface area contributed by atoms with Crippen LogP contribution in [0.5, 0.6) is 0 Å². The van der Waals surface area contributed by atoms with Crippen LogP contribution in [0.15, 0.2) is 53.4 Å². The number of hydrogen-bond donors (Lipinski definition) is 0. The van der Waals surface area contributed by atoms with E-state index in [1.807, 2.05) is 25.1 Å². The highest BCUT2D eigenvalue weighted by Crippen LogP contribution is 2.29. The Kier molecular flexibility index (Phi) is 6.25. The number of sulfonamides is 1. The summed E-state index contributed by atoms with van der Waals surface area (Å²) in [5, 5.41) is 0.864. The number of fused-ring (bicyclic) bond motifs is 1. The molecule has 3 aromatic rings. The van der Waals surface area contributed by atoms with Gasteiger partial charge in [-0.2, -0.15) is 4.31 Å². The molecule has 3 heterocycles. The standard InChI is InChI=1S/C27H34N4O2S/c1-20-7-8-21(2)26(18-20)29-14-16-30(17-15-29)27-12-9-23-19-24(10-11-25(23)28-27)34(32,33)31-13-5-4-6-22(31)3/h7-12,18-19,22H,4-6,13-17H2,1-3H3. The Bertz CT molecular complexity index is 1300. The maximum absolute atomic E-state index is 13.2. The Balaban J connectivity index is 1.33. The van der Waals surface area contributed by atoms with Gasteiger partial charge in [-0.05, 0) is 81.1 Å². The van der Waals surface area contributed by atoms with Gasteiger partial charge in [0.2, 0.25) is 10.0 Å². The van der Waals surface area contributed by atoms with Gasteiger partial charge in [0.25, 0.3) is 0 Å². The molecule has 6 nitrogen and oxygen atoms in total. The third-order valence-corrected chi connectivity index (χ3v) is 9.31. The Labute approximate surface area is 203 Å². The fraction of sp³-hybridized carbons (Fsp3) is 0.444. The molecule has 1 aromatic heterocycles. The lowest BCUT2D eigenvalue weighted by atomic mass is 10.1. The van der Waals surface area contributed by atoms with E-state index in [9.17, 15) is 8.42 Å². The molecule has 0 N–H and O–H groups in total. The molecule has 0 spiro atoms. The summed E-state index contributed by atoms with van der Waals surface area (Å²) in [6, 6.07) is 16.1. The number of piperidine rings is 1. The van der Waals surface area contributed by atoms with Crippen LogP contribution in [-0.4, -0.2) is 56.5 Å². The topological polar surface area (TPSA) is 56.8 Å². The van der Waals surface area contributed by atoms with E-state index in [0.29, 0.717) is 11.4 Å². The molecular weight excluding hydrogens is 444 g/mol. The SMILES string of the molecule is Cc1ccc(C)c(N2CCN(c3ccc4cc(S(=O)(=O)N5CCCCC5C)ccc4n3)CC2)c1. The van der Waals surface area contributed by atoms with Gasteiger partial charge >= 0.3 is 0 Å². The van der Waals surface area contributed by atoms with Crippen molar-refractivity contribution in [1.82, 2.24) is 9.29 Å². The van der Waals surface area contributed by atoms with Crippen LogP contribution in [0.2, 0.25) is 0 Å². The molecule has 1 atom stereocenters. The van der Waals surface area contributed by atoms with Crippen molar-refractivity contribution in [3.8, 4) is 0 Å². The normalized spacial score (nSPS) is 20.1. The second-order valence-electron chi connectivity index (χ2n) is 9.75. The van der Waals surface area contributed by atoms with Crippen LogP contribution in [0.3, 0.4) is 0 Å². The summed E-state index contributed by atoms with van der Waals surface area (Å²) in [5.41, 5.74) is 4.76. The van der Waals surface area contributed by atoms with E-state index in [1.165, 1.54) is 16.8 Å². The van der Waals surface area contributed by atoms with Crippen molar-refractivity contribution >= 4 is 32.4 Å². The minimum atomic E-state index is -3.48. The number of piperazine rings is 1. The molecule has 0 saturated carbocycles. The number of aryl methyl sites for hydroxylation is 2. The molecule has 0 amide bonds. The Morgan fingerprint density at radius 3 is 2.38 bits per heavy atom. The smallest absolute Gasteiger partial charge is 0.243 e. The van der Waals surface area contributed by atoms with Gasteiger partial charge in [0.1, 0.15) is 5.82 Å². The van der Waals surface area contributed by atoms with E-state index in [4.69, 9.17) is 4.98 Å². The van der Waals surface area contributed by atoms with Gasteiger partial charge in [0.05, 0.1) is 10.4 Å². The van der Waals surface area contributed by atoms with Gasteiger partial charge in [-0.3, -0.25) is 0 Å². The van der Waals surface area contributed by atoms with Crippen LogP contribution in [0.4, 0.5) is 11.5 Å². The first-order valence-electron chi connectivity index (χ1n) is 12.3. The second-order valence-corrected chi connectivity index (χ2v) is 11.6. The van der Waals surface area contributed by atoms with Crippen molar-refractivity contribution in [1.29, 1.82) is 0 Å². The summed E-state index contributed by atoms with van der Waals surface area (Å²) < 4.78 is 28.1. The zero-order valence-electron chi connectivity index (χ0n) is 20.4. The summed E-state index contributed by atoms with van der Waals surface area (Å²) in [6.07, 6.45) is 2.95. The molecule has 180 valence electrons. The fourth-order valence-corrected chi connectivity index (χ4v) is 6.97. The third kappa shape index (κ3) is 4.39. The van der Waals surface area contributed by atoms with Crippen molar-refractivity contribution in [2.24, 2.45) is 0 Å².